The number of nitrogens with two attached hydrogens (primary N) is 1. The van der Waals surface area contributed by atoms with Gasteiger partial charge in [-0.05, 0) is 6.07 Å². The summed E-state index contributed by atoms with van der Waals surface area (Å²) in [5, 5.41) is 13.4. The number of hydrogen-bond acceptors (Lipinski definition) is 6. The number of nitrogens with one attached hydrogen (secondary N) is 2. The molecule has 0 atom stereocenters. The lowest BCUT2D eigenvalue weighted by Gasteiger charge is -2.09. The lowest BCUT2D eigenvalue weighted by atomic mass is 10.2. The van der Waals surface area contributed by atoms with Crippen LogP contribution in [-0.4, -0.2) is 32.2 Å². The summed E-state index contributed by atoms with van der Waals surface area (Å²) in [6.07, 6.45) is 0. The van der Waals surface area contributed by atoms with Crippen molar-refractivity contribution < 1.29 is 13.3 Å². The number of anilines is 2. The van der Waals surface area contributed by atoms with Crippen LogP contribution in [0.2, 0.25) is 0 Å². The summed E-state index contributed by atoms with van der Waals surface area (Å²) in [6.45, 7) is 2.19. The number of hydrogen-bond donors (Lipinski definition) is 3. The molecule has 4 N–H and O–H groups in total. The Kier molecular flexibility index (Phi) is 5.07. The SMILES string of the molecule is CCNS(=O)(=O)CCNc1ccc([N+](=O)[O-])cc1N. The maximum atomic E-state index is 11.4. The molecule has 0 saturated heterocycles. The van der Waals surface area contributed by atoms with Crippen molar-refractivity contribution in [2.75, 3.05) is 29.9 Å². The molecule has 0 unspecified atom stereocenters. The van der Waals surface area contributed by atoms with Crippen molar-refractivity contribution in [3.8, 4) is 0 Å². The van der Waals surface area contributed by atoms with Gasteiger partial charge in [-0.25, -0.2) is 13.1 Å². The highest BCUT2D eigenvalue weighted by atomic mass is 32.2. The van der Waals surface area contributed by atoms with Crippen LogP contribution in [0.1, 0.15) is 6.92 Å². The lowest BCUT2D eigenvalue weighted by molar-refractivity contribution is -0.384. The molecule has 0 spiro atoms. The number of nitrogens with zero attached hydrogens (tertiary/aromatic N) is 1. The van der Waals surface area contributed by atoms with E-state index in [1.54, 1.807) is 6.92 Å². The normalized spacial score (nSPS) is 11.2. The fourth-order valence-corrected chi connectivity index (χ4v) is 2.39. The first kappa shape index (κ1) is 15.2. The number of rotatable bonds is 7. The summed E-state index contributed by atoms with van der Waals surface area (Å²) in [4.78, 5) is 9.98. The summed E-state index contributed by atoms with van der Waals surface area (Å²) < 4.78 is 25.1. The topological polar surface area (TPSA) is 127 Å². The average Bonchev–Trinajstić information content (AvgIpc) is 2.30. The van der Waals surface area contributed by atoms with Gasteiger partial charge in [0.15, 0.2) is 0 Å². The van der Waals surface area contributed by atoms with Crippen LogP contribution in [-0.2, 0) is 10.0 Å². The first-order valence-corrected chi connectivity index (χ1v) is 7.26. The standard InChI is InChI=1S/C10H16N4O4S/c1-2-13-19(17,18)6-5-12-10-4-3-8(14(15)16)7-9(10)11/h3-4,7,12-13H,2,5-6,11H2,1H3. The van der Waals surface area contributed by atoms with E-state index < -0.39 is 14.9 Å². The zero-order valence-electron chi connectivity index (χ0n) is 10.4. The third-order valence-electron chi connectivity index (χ3n) is 2.30. The van der Waals surface area contributed by atoms with Crippen LogP contribution in [0.4, 0.5) is 17.1 Å². The maximum Gasteiger partial charge on any atom is 0.271 e. The van der Waals surface area contributed by atoms with Crippen molar-refractivity contribution in [2.45, 2.75) is 6.92 Å². The van der Waals surface area contributed by atoms with Crippen LogP contribution >= 0.6 is 0 Å². The van der Waals surface area contributed by atoms with E-state index in [0.717, 1.165) is 0 Å². The van der Waals surface area contributed by atoms with E-state index in [4.69, 9.17) is 5.73 Å². The summed E-state index contributed by atoms with van der Waals surface area (Å²) in [6, 6.07) is 3.98. The predicted molar refractivity (Wildman–Crippen MR) is 73.5 cm³/mol. The van der Waals surface area contributed by atoms with E-state index in [9.17, 15) is 18.5 Å². The van der Waals surface area contributed by atoms with Gasteiger partial charge < -0.3 is 11.1 Å². The Morgan fingerprint density at radius 2 is 2.11 bits per heavy atom. The Bertz CT molecular complexity index is 559. The molecule has 0 amide bonds. The van der Waals surface area contributed by atoms with Crippen LogP contribution in [0.5, 0.6) is 0 Å². The molecule has 0 radical (unpaired) electrons. The quantitative estimate of drug-likeness (QED) is 0.381. The molecule has 0 aliphatic rings. The minimum atomic E-state index is -3.30. The van der Waals surface area contributed by atoms with Crippen LogP contribution in [0, 0.1) is 10.1 Å². The van der Waals surface area contributed by atoms with Crippen molar-refractivity contribution >= 4 is 27.1 Å². The zero-order chi connectivity index (χ0) is 14.5. The molecule has 0 aromatic heterocycles. The predicted octanol–water partition coefficient (Wildman–Crippen LogP) is 0.528. The van der Waals surface area contributed by atoms with Gasteiger partial charge >= 0.3 is 0 Å². The van der Waals surface area contributed by atoms with Crippen molar-refractivity contribution in [2.24, 2.45) is 0 Å². The average molecular weight is 288 g/mol. The summed E-state index contributed by atoms with van der Waals surface area (Å²) >= 11 is 0. The van der Waals surface area contributed by atoms with Gasteiger partial charge in [0.1, 0.15) is 0 Å². The van der Waals surface area contributed by atoms with Gasteiger partial charge in [-0.1, -0.05) is 6.92 Å². The Balaban J connectivity index is 2.62. The molecule has 8 nitrogen and oxygen atoms in total. The summed E-state index contributed by atoms with van der Waals surface area (Å²) in [5.41, 5.74) is 6.20. The second-order valence-electron chi connectivity index (χ2n) is 3.77. The van der Waals surface area contributed by atoms with E-state index in [1.165, 1.54) is 18.2 Å². The van der Waals surface area contributed by atoms with Crippen molar-refractivity contribution in [1.82, 2.24) is 4.72 Å². The third kappa shape index (κ3) is 4.72. The number of benzene rings is 1. The molecule has 19 heavy (non-hydrogen) atoms. The summed E-state index contributed by atoms with van der Waals surface area (Å²) in [5.74, 6) is -0.0999. The monoisotopic (exact) mass is 288 g/mol. The number of nitrogen functional groups attached to an aromatic ring is 1. The van der Waals surface area contributed by atoms with Gasteiger partial charge in [-0.3, -0.25) is 10.1 Å². The molecular weight excluding hydrogens is 272 g/mol. The van der Waals surface area contributed by atoms with Gasteiger partial charge in [-0.2, -0.15) is 0 Å². The van der Waals surface area contributed by atoms with Gasteiger partial charge in [-0.15, -0.1) is 0 Å². The van der Waals surface area contributed by atoms with Crippen LogP contribution in [0.3, 0.4) is 0 Å². The van der Waals surface area contributed by atoms with Crippen LogP contribution in [0.15, 0.2) is 18.2 Å². The van der Waals surface area contributed by atoms with E-state index in [2.05, 4.69) is 10.0 Å². The fourth-order valence-electron chi connectivity index (χ4n) is 1.44. The third-order valence-corrected chi connectivity index (χ3v) is 3.77. The van der Waals surface area contributed by atoms with Gasteiger partial charge in [0, 0.05) is 25.2 Å². The molecule has 0 aliphatic carbocycles. The van der Waals surface area contributed by atoms with Crippen molar-refractivity contribution in [1.29, 1.82) is 0 Å². The first-order valence-electron chi connectivity index (χ1n) is 5.61. The first-order chi connectivity index (χ1) is 8.85. The maximum absolute atomic E-state index is 11.4. The van der Waals surface area contributed by atoms with Gasteiger partial charge in [0.05, 0.1) is 22.1 Å². The highest BCUT2D eigenvalue weighted by molar-refractivity contribution is 7.89. The molecule has 1 aromatic carbocycles. The molecule has 9 heteroatoms. The van der Waals surface area contributed by atoms with Crippen LogP contribution in [0.25, 0.3) is 0 Å². The number of non-ortho nitro benzene ring substituents is 1. The molecule has 0 fully saturated rings. The molecule has 1 aromatic rings. The summed E-state index contributed by atoms with van der Waals surface area (Å²) in [7, 11) is -3.30. The molecule has 0 bridgehead atoms. The smallest absolute Gasteiger partial charge is 0.271 e. The minimum Gasteiger partial charge on any atom is -0.397 e. The molecule has 0 aliphatic heterocycles. The Morgan fingerprint density at radius 1 is 1.42 bits per heavy atom. The fraction of sp³-hybridized carbons (Fsp3) is 0.400. The number of sulfonamides is 1. The van der Waals surface area contributed by atoms with Crippen molar-refractivity contribution in [3.05, 3.63) is 28.3 Å². The van der Waals surface area contributed by atoms with E-state index in [1.807, 2.05) is 0 Å². The largest absolute Gasteiger partial charge is 0.397 e. The van der Waals surface area contributed by atoms with Gasteiger partial charge in [0.2, 0.25) is 10.0 Å². The van der Waals surface area contributed by atoms with E-state index in [-0.39, 0.29) is 23.7 Å². The Hall–Kier alpha value is -1.87. The molecule has 0 saturated carbocycles. The number of nitro benzene ring substituents is 1. The molecule has 106 valence electrons. The van der Waals surface area contributed by atoms with Crippen molar-refractivity contribution in [3.63, 3.8) is 0 Å². The van der Waals surface area contributed by atoms with Crippen LogP contribution < -0.4 is 15.8 Å². The van der Waals surface area contributed by atoms with E-state index in [0.29, 0.717) is 12.2 Å². The second-order valence-corrected chi connectivity index (χ2v) is 5.70. The van der Waals surface area contributed by atoms with Gasteiger partial charge in [0.25, 0.3) is 5.69 Å². The lowest BCUT2D eigenvalue weighted by Crippen LogP contribution is -2.29. The zero-order valence-corrected chi connectivity index (χ0v) is 11.2. The molecule has 0 heterocycles. The Morgan fingerprint density at radius 3 is 2.63 bits per heavy atom. The highest BCUT2D eigenvalue weighted by Crippen LogP contribution is 2.23. The molecule has 1 rings (SSSR count). The second kappa shape index (κ2) is 6.34. The molecular formula is C10H16N4O4S. The Labute approximate surface area is 111 Å². The van der Waals surface area contributed by atoms with E-state index >= 15 is 0 Å². The number of nitro groups is 1. The minimum absolute atomic E-state index is 0.0999. The highest BCUT2D eigenvalue weighted by Gasteiger charge is 2.10.